The second-order valence-electron chi connectivity index (χ2n) is 7.05. The van der Waals surface area contributed by atoms with Crippen molar-refractivity contribution in [2.24, 2.45) is 0 Å². The summed E-state index contributed by atoms with van der Waals surface area (Å²) in [6.45, 7) is 1.59. The summed E-state index contributed by atoms with van der Waals surface area (Å²) in [6.07, 6.45) is 1.49. The van der Waals surface area contributed by atoms with Crippen LogP contribution in [-0.2, 0) is 14.9 Å². The van der Waals surface area contributed by atoms with E-state index in [1.165, 1.54) is 12.7 Å². The van der Waals surface area contributed by atoms with Gasteiger partial charge in [-0.1, -0.05) is 24.0 Å². The van der Waals surface area contributed by atoms with Crippen molar-refractivity contribution in [2.75, 3.05) is 26.8 Å². The number of nitrogens with one attached hydrogen (secondary N) is 1. The Morgan fingerprint density at radius 1 is 1.28 bits per heavy atom. The minimum Gasteiger partial charge on any atom is -0.505 e. The molecule has 2 atom stereocenters. The highest BCUT2D eigenvalue weighted by molar-refractivity contribution is 6.24. The van der Waals surface area contributed by atoms with E-state index in [9.17, 15) is 9.90 Å². The lowest BCUT2D eigenvalue weighted by Crippen LogP contribution is -2.38. The van der Waals surface area contributed by atoms with E-state index in [0.29, 0.717) is 25.3 Å². The van der Waals surface area contributed by atoms with Crippen molar-refractivity contribution < 1.29 is 23.2 Å². The van der Waals surface area contributed by atoms with E-state index in [0.717, 1.165) is 29.7 Å². The number of aryl methyl sites for hydroxylation is 1. The maximum Gasteiger partial charge on any atom is 0.419 e. The van der Waals surface area contributed by atoms with E-state index in [4.69, 9.17) is 13.3 Å². The van der Waals surface area contributed by atoms with Crippen LogP contribution in [0.5, 0.6) is 5.75 Å². The largest absolute Gasteiger partial charge is 0.505 e. The van der Waals surface area contributed by atoms with E-state index in [1.54, 1.807) is 12.1 Å². The highest BCUT2D eigenvalue weighted by Crippen LogP contribution is 2.32. The van der Waals surface area contributed by atoms with Gasteiger partial charge in [0.05, 0.1) is 18.8 Å². The molecule has 0 fully saturated rings. The zero-order valence-electron chi connectivity index (χ0n) is 16.9. The van der Waals surface area contributed by atoms with E-state index < -0.39 is 6.10 Å². The molecule has 1 aliphatic rings. The Labute approximate surface area is 178 Å². The van der Waals surface area contributed by atoms with E-state index in [-0.39, 0.29) is 27.6 Å². The maximum absolute atomic E-state index is 11.6. The molecule has 29 heavy (non-hydrogen) atoms. The number of ether oxygens (including phenoxy) is 2. The first-order valence-electron chi connectivity index (χ1n) is 9.87. The van der Waals surface area contributed by atoms with Crippen LogP contribution in [0.1, 0.15) is 22.3 Å². The number of methoxy groups -OCH3 is 1. The first-order chi connectivity index (χ1) is 14.1. The molecule has 0 spiro atoms. The second kappa shape index (κ2) is 10.8. The van der Waals surface area contributed by atoms with Gasteiger partial charge in [0, 0.05) is 19.7 Å². The Bertz CT molecular complexity index is 811. The Hall–Kier alpha value is -1.88. The van der Waals surface area contributed by atoms with Crippen molar-refractivity contribution in [1.29, 1.82) is 0 Å². The van der Waals surface area contributed by atoms with Crippen LogP contribution < -0.4 is 10.1 Å². The summed E-state index contributed by atoms with van der Waals surface area (Å²) in [6, 6.07) is 13.6. The molecule has 0 saturated heterocycles. The molecule has 0 aromatic heterocycles. The zero-order valence-corrected chi connectivity index (χ0v) is 18.0. The standard InChI is InChI=1S/C21H24NO5.CH3.Al/c1-26-21(25)15-4-2-14(3-5-15)16-7-9-20-17(10-16)6-8-19(27-20)12-22-11-18(24)13-23;;/h2-5,7,9-10,18-19,22,24H,6,8,11-13H2,1H3;1H3;/q-1;;+1/t18-,19+;;/m0../s1. The topological polar surface area (TPSA) is 77.0 Å². The van der Waals surface area contributed by atoms with Crippen molar-refractivity contribution in [3.8, 4) is 16.9 Å². The molecular formula is C22H27AlNO5. The van der Waals surface area contributed by atoms with Gasteiger partial charge in [-0.15, -0.1) is 0 Å². The summed E-state index contributed by atoms with van der Waals surface area (Å²) < 4.78 is 16.2. The Morgan fingerprint density at radius 2 is 2.03 bits per heavy atom. The fourth-order valence-corrected chi connectivity index (χ4v) is 3.78. The molecule has 1 aliphatic heterocycles. The minimum absolute atomic E-state index is 0.0368. The zero-order chi connectivity index (χ0) is 20.6. The number of fused-ring (bicyclic) bond motifs is 1. The quantitative estimate of drug-likeness (QED) is 0.487. The van der Waals surface area contributed by atoms with E-state index in [1.807, 2.05) is 30.1 Å². The molecule has 0 amide bonds. The molecule has 7 heteroatoms. The molecule has 0 aliphatic carbocycles. The first kappa shape index (κ1) is 21.8. The van der Waals surface area contributed by atoms with Gasteiger partial charge in [-0.05, 0) is 53.8 Å². The van der Waals surface area contributed by atoms with Gasteiger partial charge in [-0.3, -0.25) is 0 Å². The number of carbonyl (C=O) groups is 1. The van der Waals surface area contributed by atoms with Crippen molar-refractivity contribution in [1.82, 2.24) is 5.32 Å². The molecule has 0 bridgehead atoms. The number of aliphatic hydroxyl groups is 1. The lowest BCUT2D eigenvalue weighted by molar-refractivity contribution is 0.0600. The summed E-state index contributed by atoms with van der Waals surface area (Å²) in [7, 11) is 1.38. The summed E-state index contributed by atoms with van der Waals surface area (Å²) >= 11 is -0.0368. The van der Waals surface area contributed by atoms with Gasteiger partial charge in [0.25, 0.3) is 0 Å². The van der Waals surface area contributed by atoms with Crippen molar-refractivity contribution in [2.45, 2.75) is 30.8 Å². The molecular weight excluding hydrogens is 385 g/mol. The lowest BCUT2D eigenvalue weighted by Gasteiger charge is -2.27. The number of carbonyl (C=O) groups excluding carboxylic acids is 1. The molecule has 2 aromatic carbocycles. The molecule has 153 valence electrons. The van der Waals surface area contributed by atoms with Crippen LogP contribution in [0.25, 0.3) is 11.1 Å². The Morgan fingerprint density at radius 3 is 2.76 bits per heavy atom. The smallest absolute Gasteiger partial charge is 0.419 e. The van der Waals surface area contributed by atoms with Gasteiger partial charge in [0.15, 0.2) is 0 Å². The summed E-state index contributed by atoms with van der Waals surface area (Å²) in [5.74, 6) is 2.58. The van der Waals surface area contributed by atoms with Crippen molar-refractivity contribution >= 4 is 21.5 Å². The highest BCUT2D eigenvalue weighted by atomic mass is 27.1. The third-order valence-corrected chi connectivity index (χ3v) is 5.46. The van der Waals surface area contributed by atoms with Gasteiger partial charge in [-0.25, -0.2) is 4.79 Å². The monoisotopic (exact) mass is 412 g/mol. The van der Waals surface area contributed by atoms with Crippen LogP contribution in [-0.4, -0.2) is 65.6 Å². The number of hydrogen-bond acceptors (Lipinski definition) is 6. The SMILES string of the molecule is COC(=O)c1ccc(-c2ccc3c(c2)CC[C@H](CNC[C@H](O)C[O][Al][CH3])O3)cc1. The predicted molar refractivity (Wildman–Crippen MR) is 112 cm³/mol. The molecule has 0 unspecified atom stereocenters. The van der Waals surface area contributed by atoms with Crippen LogP contribution in [0, 0.1) is 0 Å². The third-order valence-electron chi connectivity index (χ3n) is 4.94. The number of hydrogen-bond donors (Lipinski definition) is 2. The number of benzene rings is 2. The van der Waals surface area contributed by atoms with Crippen LogP contribution in [0.3, 0.4) is 0 Å². The number of rotatable bonds is 9. The second-order valence-corrected chi connectivity index (χ2v) is 7.86. The average Bonchev–Trinajstić information content (AvgIpc) is 2.76. The van der Waals surface area contributed by atoms with Gasteiger partial charge in [0.1, 0.15) is 11.9 Å². The average molecular weight is 412 g/mol. The third kappa shape index (κ3) is 6.05. The van der Waals surface area contributed by atoms with Crippen LogP contribution >= 0.6 is 0 Å². The minimum atomic E-state index is -0.480. The molecule has 1 heterocycles. The van der Waals surface area contributed by atoms with Crippen LogP contribution in [0.2, 0.25) is 5.79 Å². The molecule has 3 rings (SSSR count). The molecule has 2 N–H and O–H groups in total. The molecule has 0 saturated carbocycles. The van der Waals surface area contributed by atoms with Gasteiger partial charge in [-0.2, -0.15) is 0 Å². The van der Waals surface area contributed by atoms with E-state index >= 15 is 0 Å². The molecule has 2 aromatic rings. The first-order valence-corrected chi connectivity index (χ1v) is 11.5. The number of esters is 1. The van der Waals surface area contributed by atoms with Crippen LogP contribution in [0.15, 0.2) is 42.5 Å². The van der Waals surface area contributed by atoms with Gasteiger partial charge >= 0.3 is 21.5 Å². The van der Waals surface area contributed by atoms with Crippen LogP contribution in [0.4, 0.5) is 0 Å². The Kier molecular flexibility index (Phi) is 8.11. The molecule has 1 radical (unpaired) electrons. The summed E-state index contributed by atoms with van der Waals surface area (Å²) in [5, 5.41) is 13.1. The van der Waals surface area contributed by atoms with Gasteiger partial charge in [0.2, 0.25) is 0 Å². The highest BCUT2D eigenvalue weighted by Gasteiger charge is 2.20. The maximum atomic E-state index is 11.6. The molecule has 6 nitrogen and oxygen atoms in total. The van der Waals surface area contributed by atoms with E-state index in [2.05, 4.69) is 11.4 Å². The van der Waals surface area contributed by atoms with Crippen molar-refractivity contribution in [3.63, 3.8) is 0 Å². The van der Waals surface area contributed by atoms with Gasteiger partial charge < -0.3 is 23.7 Å². The Balaban J connectivity index is 1.56. The predicted octanol–water partition coefficient (Wildman–Crippen LogP) is 2.47. The summed E-state index contributed by atoms with van der Waals surface area (Å²) in [5.41, 5.74) is 3.88. The van der Waals surface area contributed by atoms with Crippen molar-refractivity contribution in [3.05, 3.63) is 53.6 Å². The summed E-state index contributed by atoms with van der Waals surface area (Å²) in [4.78, 5) is 11.6. The number of aliphatic hydroxyl groups excluding tert-OH is 1. The normalized spacial score (nSPS) is 16.4. The lowest BCUT2D eigenvalue weighted by atomic mass is 9.96. The fraction of sp³-hybridized carbons (Fsp3) is 0.409. The fourth-order valence-electron chi connectivity index (χ4n) is 3.36.